The summed E-state index contributed by atoms with van der Waals surface area (Å²) in [4.78, 5) is 9.12. The van der Waals surface area contributed by atoms with Crippen LogP contribution in [0.15, 0.2) is 22.5 Å². The lowest BCUT2D eigenvalue weighted by atomic mass is 9.93. The summed E-state index contributed by atoms with van der Waals surface area (Å²) in [5.41, 5.74) is 0.212. The first-order chi connectivity index (χ1) is 11.4. The molecule has 136 valence electrons. The summed E-state index contributed by atoms with van der Waals surface area (Å²) in [6, 6.07) is 4.85. The Morgan fingerprint density at radius 2 is 2.08 bits per heavy atom. The van der Waals surface area contributed by atoms with Crippen molar-refractivity contribution in [3.63, 3.8) is 0 Å². The number of hydrogen-bond donors (Lipinski definition) is 2. The Balaban J connectivity index is 1.76. The molecule has 5 nitrogen and oxygen atoms in total. The Hall–Kier alpha value is -1.27. The number of rotatable bonds is 6. The molecule has 0 aromatic carbocycles. The zero-order valence-corrected chi connectivity index (χ0v) is 16.6. The summed E-state index contributed by atoms with van der Waals surface area (Å²) in [5, 5.41) is 10.6. The summed E-state index contributed by atoms with van der Waals surface area (Å²) in [7, 11) is 6.10. The molecule has 0 spiro atoms. The van der Waals surface area contributed by atoms with Crippen LogP contribution in [0.5, 0.6) is 0 Å². The molecular weight excluding hydrogens is 318 g/mol. The van der Waals surface area contributed by atoms with E-state index in [2.05, 4.69) is 70.9 Å². The largest absolute Gasteiger partial charge is 0.363 e. The first-order valence-electron chi connectivity index (χ1n) is 8.80. The minimum Gasteiger partial charge on any atom is -0.363 e. The predicted molar refractivity (Wildman–Crippen MR) is 106 cm³/mol. The van der Waals surface area contributed by atoms with E-state index in [1.165, 1.54) is 5.00 Å². The normalized spacial score (nSPS) is 17.4. The molecule has 2 rings (SSSR count). The van der Waals surface area contributed by atoms with E-state index in [1.807, 2.05) is 18.4 Å². The molecule has 2 heterocycles. The molecule has 0 saturated carbocycles. The molecule has 1 aromatic heterocycles. The molecule has 1 fully saturated rings. The quantitative estimate of drug-likeness (QED) is 0.610. The van der Waals surface area contributed by atoms with Gasteiger partial charge in [-0.05, 0) is 49.9 Å². The molecule has 6 heteroatoms. The van der Waals surface area contributed by atoms with Gasteiger partial charge in [0.15, 0.2) is 5.96 Å². The minimum absolute atomic E-state index is 0.212. The molecule has 0 aliphatic carbocycles. The molecule has 0 bridgehead atoms. The number of guanidine groups is 1. The van der Waals surface area contributed by atoms with Gasteiger partial charge in [-0.2, -0.15) is 0 Å². The summed E-state index contributed by atoms with van der Waals surface area (Å²) in [6.07, 6.45) is 2.30. The molecular formula is C18H33N5S. The summed E-state index contributed by atoms with van der Waals surface area (Å²) < 4.78 is 0. The van der Waals surface area contributed by atoms with E-state index in [4.69, 9.17) is 0 Å². The molecule has 1 aromatic rings. The molecule has 2 N–H and O–H groups in total. The minimum atomic E-state index is 0.212. The Morgan fingerprint density at radius 3 is 2.62 bits per heavy atom. The van der Waals surface area contributed by atoms with Crippen LogP contribution in [-0.4, -0.2) is 64.2 Å². The van der Waals surface area contributed by atoms with Crippen molar-refractivity contribution in [2.24, 2.45) is 10.4 Å². The molecule has 0 amide bonds. The van der Waals surface area contributed by atoms with Crippen molar-refractivity contribution in [1.29, 1.82) is 0 Å². The zero-order valence-electron chi connectivity index (χ0n) is 15.8. The monoisotopic (exact) mass is 351 g/mol. The number of nitrogens with one attached hydrogen (secondary N) is 2. The van der Waals surface area contributed by atoms with Gasteiger partial charge in [-0.15, -0.1) is 11.3 Å². The number of thiophene rings is 1. The second-order valence-electron chi connectivity index (χ2n) is 7.68. The fourth-order valence-electron chi connectivity index (χ4n) is 3.32. The summed E-state index contributed by atoms with van der Waals surface area (Å²) in [5.74, 6) is 0.927. The van der Waals surface area contributed by atoms with Gasteiger partial charge in [0.2, 0.25) is 0 Å². The third-order valence-electron chi connectivity index (χ3n) is 4.36. The molecule has 0 atom stereocenters. The van der Waals surface area contributed by atoms with Crippen LogP contribution < -0.4 is 15.5 Å². The average Bonchev–Trinajstić information content (AvgIpc) is 3.05. The van der Waals surface area contributed by atoms with Crippen LogP contribution in [0.3, 0.4) is 0 Å². The maximum absolute atomic E-state index is 4.40. The van der Waals surface area contributed by atoms with E-state index < -0.39 is 0 Å². The highest BCUT2D eigenvalue weighted by molar-refractivity contribution is 7.14. The third kappa shape index (κ3) is 5.98. The van der Waals surface area contributed by atoms with Gasteiger partial charge in [0.05, 0.1) is 5.00 Å². The number of anilines is 1. The highest BCUT2D eigenvalue weighted by Crippen LogP contribution is 2.24. The van der Waals surface area contributed by atoms with E-state index in [0.717, 1.165) is 45.0 Å². The van der Waals surface area contributed by atoms with Crippen LogP contribution in [0.1, 0.15) is 26.7 Å². The second kappa shape index (κ2) is 8.72. The zero-order chi connectivity index (χ0) is 17.6. The Morgan fingerprint density at radius 1 is 1.38 bits per heavy atom. The average molecular weight is 352 g/mol. The van der Waals surface area contributed by atoms with Crippen molar-refractivity contribution in [2.75, 3.05) is 52.2 Å². The van der Waals surface area contributed by atoms with Crippen LogP contribution in [-0.2, 0) is 0 Å². The van der Waals surface area contributed by atoms with E-state index in [-0.39, 0.29) is 5.41 Å². The first kappa shape index (κ1) is 19.1. The standard InChI is InChI=1S/C18H33N5S/c1-18(2,14-22(4)5)13-20-17(19-3)21-15-8-10-23(11-9-15)16-7-6-12-24-16/h6-7,12,15H,8-11,13-14H2,1-5H3,(H2,19,20,21). The highest BCUT2D eigenvalue weighted by atomic mass is 32.1. The van der Waals surface area contributed by atoms with Crippen molar-refractivity contribution in [3.8, 4) is 0 Å². The number of aliphatic imine (C=N–C) groups is 1. The van der Waals surface area contributed by atoms with Gasteiger partial charge in [-0.3, -0.25) is 4.99 Å². The van der Waals surface area contributed by atoms with Gasteiger partial charge >= 0.3 is 0 Å². The summed E-state index contributed by atoms with van der Waals surface area (Å²) >= 11 is 1.83. The molecule has 1 aliphatic heterocycles. The van der Waals surface area contributed by atoms with E-state index in [0.29, 0.717) is 6.04 Å². The van der Waals surface area contributed by atoms with Crippen LogP contribution in [0.2, 0.25) is 0 Å². The maximum Gasteiger partial charge on any atom is 0.191 e. The van der Waals surface area contributed by atoms with Gasteiger partial charge in [-0.25, -0.2) is 0 Å². The Kier molecular flexibility index (Phi) is 6.92. The van der Waals surface area contributed by atoms with Crippen molar-refractivity contribution in [2.45, 2.75) is 32.7 Å². The van der Waals surface area contributed by atoms with Crippen molar-refractivity contribution >= 4 is 22.3 Å². The lowest BCUT2D eigenvalue weighted by Gasteiger charge is -2.34. The number of piperidine rings is 1. The van der Waals surface area contributed by atoms with E-state index >= 15 is 0 Å². The Labute approximate surface area is 151 Å². The fraction of sp³-hybridized carbons (Fsp3) is 0.722. The number of hydrogen-bond acceptors (Lipinski definition) is 4. The topological polar surface area (TPSA) is 42.9 Å². The smallest absolute Gasteiger partial charge is 0.191 e. The van der Waals surface area contributed by atoms with Gasteiger partial charge in [0.1, 0.15) is 0 Å². The van der Waals surface area contributed by atoms with Crippen LogP contribution in [0, 0.1) is 5.41 Å². The van der Waals surface area contributed by atoms with Crippen molar-refractivity contribution < 1.29 is 0 Å². The number of nitrogens with zero attached hydrogens (tertiary/aromatic N) is 3. The fourth-order valence-corrected chi connectivity index (χ4v) is 4.10. The lowest BCUT2D eigenvalue weighted by molar-refractivity contribution is 0.240. The first-order valence-corrected chi connectivity index (χ1v) is 9.68. The summed E-state index contributed by atoms with van der Waals surface area (Å²) in [6.45, 7) is 8.76. The van der Waals surface area contributed by atoms with E-state index in [1.54, 1.807) is 0 Å². The third-order valence-corrected chi connectivity index (χ3v) is 5.28. The molecule has 0 unspecified atom stereocenters. The van der Waals surface area contributed by atoms with Gasteiger partial charge in [0, 0.05) is 39.3 Å². The molecule has 0 radical (unpaired) electrons. The van der Waals surface area contributed by atoms with Crippen LogP contribution in [0.4, 0.5) is 5.00 Å². The highest BCUT2D eigenvalue weighted by Gasteiger charge is 2.22. The SMILES string of the molecule is CN=C(NCC(C)(C)CN(C)C)NC1CCN(c2cccs2)CC1. The lowest BCUT2D eigenvalue weighted by Crippen LogP contribution is -2.50. The molecule has 1 aliphatic rings. The van der Waals surface area contributed by atoms with Crippen molar-refractivity contribution in [3.05, 3.63) is 17.5 Å². The maximum atomic E-state index is 4.40. The Bertz CT molecular complexity index is 501. The van der Waals surface area contributed by atoms with E-state index in [9.17, 15) is 0 Å². The predicted octanol–water partition coefficient (Wildman–Crippen LogP) is 2.47. The molecule has 24 heavy (non-hydrogen) atoms. The van der Waals surface area contributed by atoms with Crippen LogP contribution >= 0.6 is 11.3 Å². The van der Waals surface area contributed by atoms with Crippen molar-refractivity contribution in [1.82, 2.24) is 15.5 Å². The van der Waals surface area contributed by atoms with Gasteiger partial charge < -0.3 is 20.4 Å². The van der Waals surface area contributed by atoms with Gasteiger partial charge in [0.25, 0.3) is 0 Å². The van der Waals surface area contributed by atoms with Gasteiger partial charge in [-0.1, -0.05) is 13.8 Å². The second-order valence-corrected chi connectivity index (χ2v) is 8.61. The van der Waals surface area contributed by atoms with Crippen LogP contribution in [0.25, 0.3) is 0 Å². The molecule has 1 saturated heterocycles.